The topological polar surface area (TPSA) is 85.8 Å². The van der Waals surface area contributed by atoms with Gasteiger partial charge in [0, 0.05) is 24.7 Å². The number of hydrogen-bond donors (Lipinski definition) is 2. The van der Waals surface area contributed by atoms with E-state index in [2.05, 4.69) is 31.2 Å². The molecule has 6 nitrogen and oxygen atoms in total. The monoisotopic (exact) mass is 315 g/mol. The van der Waals surface area contributed by atoms with E-state index in [0.717, 1.165) is 35.3 Å². The van der Waals surface area contributed by atoms with E-state index in [9.17, 15) is 4.79 Å². The second-order valence-electron chi connectivity index (χ2n) is 7.28. The minimum Gasteiger partial charge on any atom is -0.351 e. The number of rotatable bonds is 4. The van der Waals surface area contributed by atoms with Crippen LogP contribution in [0.1, 0.15) is 61.3 Å². The van der Waals surface area contributed by atoms with Gasteiger partial charge in [-0.2, -0.15) is 5.10 Å². The summed E-state index contributed by atoms with van der Waals surface area (Å²) < 4.78 is 1.93. The molecule has 0 bridgehead atoms. The lowest BCUT2D eigenvalue weighted by atomic mass is 10.1. The molecule has 1 aliphatic carbocycles. The lowest BCUT2D eigenvalue weighted by Crippen LogP contribution is -2.29. The molecule has 6 heteroatoms. The molecule has 0 aliphatic heterocycles. The van der Waals surface area contributed by atoms with Gasteiger partial charge >= 0.3 is 0 Å². The molecule has 1 amide bonds. The smallest absolute Gasteiger partial charge is 0.252 e. The predicted molar refractivity (Wildman–Crippen MR) is 90.6 cm³/mol. The molecule has 0 unspecified atom stereocenters. The fourth-order valence-electron chi connectivity index (χ4n) is 2.82. The van der Waals surface area contributed by atoms with Crippen LogP contribution >= 0.6 is 0 Å². The third-order valence-electron chi connectivity index (χ3n) is 4.14. The lowest BCUT2D eigenvalue weighted by molar-refractivity contribution is 0.0956. The molecule has 1 aliphatic rings. The van der Waals surface area contributed by atoms with Gasteiger partial charge < -0.3 is 11.1 Å². The minimum absolute atomic E-state index is 0.0960. The molecule has 1 saturated carbocycles. The minimum atomic E-state index is -0.188. The number of pyridine rings is 1. The number of nitrogens with two attached hydrogens (primary N) is 1. The standard InChI is InChI=1S/C17H25N5O/c1-10-14-12(16(23)19-8-7-18)9-13(11-5-6-11)20-15(14)22(21-10)17(2,3)4/h9,11H,5-8,18H2,1-4H3,(H,19,23). The number of nitrogens with one attached hydrogen (secondary N) is 1. The molecular formula is C17H25N5O. The van der Waals surface area contributed by atoms with Gasteiger partial charge in [-0.3, -0.25) is 4.79 Å². The van der Waals surface area contributed by atoms with Gasteiger partial charge in [0.15, 0.2) is 5.65 Å². The first-order valence-electron chi connectivity index (χ1n) is 8.22. The molecule has 2 aromatic heterocycles. The van der Waals surface area contributed by atoms with Crippen molar-refractivity contribution in [2.45, 2.75) is 52.0 Å². The SMILES string of the molecule is Cc1nn(C(C)(C)C)c2nc(C3CC3)cc(C(=O)NCCN)c12. The zero-order valence-electron chi connectivity index (χ0n) is 14.3. The highest BCUT2D eigenvalue weighted by Crippen LogP contribution is 2.40. The van der Waals surface area contributed by atoms with Gasteiger partial charge in [0.25, 0.3) is 5.91 Å². The maximum Gasteiger partial charge on any atom is 0.252 e. The van der Waals surface area contributed by atoms with Gasteiger partial charge in [-0.05, 0) is 46.6 Å². The summed E-state index contributed by atoms with van der Waals surface area (Å²) >= 11 is 0. The van der Waals surface area contributed by atoms with Crippen molar-refractivity contribution in [3.8, 4) is 0 Å². The van der Waals surface area contributed by atoms with Crippen LogP contribution in [0.25, 0.3) is 11.0 Å². The zero-order chi connectivity index (χ0) is 16.8. The first-order chi connectivity index (χ1) is 10.8. The van der Waals surface area contributed by atoms with Crippen LogP contribution in [-0.2, 0) is 5.54 Å². The highest BCUT2D eigenvalue weighted by Gasteiger charge is 2.30. The maximum absolute atomic E-state index is 12.6. The summed E-state index contributed by atoms with van der Waals surface area (Å²) in [5, 5.41) is 8.37. The van der Waals surface area contributed by atoms with Gasteiger partial charge in [0.1, 0.15) is 0 Å². The Hall–Kier alpha value is -1.95. The van der Waals surface area contributed by atoms with E-state index < -0.39 is 0 Å². The molecule has 1 fully saturated rings. The largest absolute Gasteiger partial charge is 0.351 e. The second-order valence-corrected chi connectivity index (χ2v) is 7.28. The van der Waals surface area contributed by atoms with Crippen LogP contribution in [-0.4, -0.2) is 33.8 Å². The Balaban J connectivity index is 2.21. The molecular weight excluding hydrogens is 290 g/mol. The Morgan fingerprint density at radius 3 is 2.70 bits per heavy atom. The average molecular weight is 315 g/mol. The van der Waals surface area contributed by atoms with E-state index in [-0.39, 0.29) is 11.4 Å². The van der Waals surface area contributed by atoms with Gasteiger partial charge in [-0.15, -0.1) is 0 Å². The number of carbonyl (C=O) groups is 1. The quantitative estimate of drug-likeness (QED) is 0.904. The van der Waals surface area contributed by atoms with E-state index in [1.165, 1.54) is 0 Å². The first kappa shape index (κ1) is 15.9. The van der Waals surface area contributed by atoms with E-state index >= 15 is 0 Å². The number of amides is 1. The van der Waals surface area contributed by atoms with Crippen molar-refractivity contribution >= 4 is 16.9 Å². The molecule has 0 aromatic carbocycles. The van der Waals surface area contributed by atoms with Crippen LogP contribution in [0.2, 0.25) is 0 Å². The Kier molecular flexibility index (Phi) is 3.88. The predicted octanol–water partition coefficient (Wildman–Crippen LogP) is 2.06. The van der Waals surface area contributed by atoms with E-state index in [0.29, 0.717) is 24.6 Å². The highest BCUT2D eigenvalue weighted by molar-refractivity contribution is 6.06. The van der Waals surface area contributed by atoms with Crippen LogP contribution in [0.3, 0.4) is 0 Å². The van der Waals surface area contributed by atoms with Gasteiger partial charge in [0.05, 0.1) is 22.2 Å². The number of aromatic nitrogens is 3. The lowest BCUT2D eigenvalue weighted by Gasteiger charge is -2.20. The molecule has 0 atom stereocenters. The number of fused-ring (bicyclic) bond motifs is 1. The summed E-state index contributed by atoms with van der Waals surface area (Å²) in [6.45, 7) is 9.11. The molecule has 0 spiro atoms. The summed E-state index contributed by atoms with van der Waals surface area (Å²) in [7, 11) is 0. The van der Waals surface area contributed by atoms with Gasteiger partial charge in [0.2, 0.25) is 0 Å². The van der Waals surface area contributed by atoms with Crippen molar-refractivity contribution in [2.75, 3.05) is 13.1 Å². The van der Waals surface area contributed by atoms with Crippen molar-refractivity contribution < 1.29 is 4.79 Å². The third-order valence-corrected chi connectivity index (χ3v) is 4.14. The van der Waals surface area contributed by atoms with Crippen LogP contribution in [0.4, 0.5) is 0 Å². The summed E-state index contributed by atoms with van der Waals surface area (Å²) in [5.74, 6) is 0.380. The van der Waals surface area contributed by atoms with Crippen LogP contribution < -0.4 is 11.1 Å². The molecule has 124 valence electrons. The summed E-state index contributed by atoms with van der Waals surface area (Å²) in [4.78, 5) is 17.4. The van der Waals surface area contributed by atoms with Crippen LogP contribution in [0.5, 0.6) is 0 Å². The summed E-state index contributed by atoms with van der Waals surface area (Å²) in [6.07, 6.45) is 2.29. The normalized spacial score (nSPS) is 15.2. The zero-order valence-corrected chi connectivity index (χ0v) is 14.3. The number of hydrogen-bond acceptors (Lipinski definition) is 4. The fraction of sp³-hybridized carbons (Fsp3) is 0.588. The molecule has 3 rings (SSSR count). The number of carbonyl (C=O) groups excluding carboxylic acids is 1. The highest BCUT2D eigenvalue weighted by atomic mass is 16.1. The van der Waals surface area contributed by atoms with Crippen molar-refractivity contribution in [2.24, 2.45) is 5.73 Å². The number of aryl methyl sites for hydroxylation is 1. The van der Waals surface area contributed by atoms with E-state index in [4.69, 9.17) is 10.7 Å². The van der Waals surface area contributed by atoms with Gasteiger partial charge in [-0.25, -0.2) is 9.67 Å². The average Bonchev–Trinajstić information content (AvgIpc) is 3.27. The van der Waals surface area contributed by atoms with Gasteiger partial charge in [-0.1, -0.05) is 0 Å². The van der Waals surface area contributed by atoms with E-state index in [1.54, 1.807) is 0 Å². The summed E-state index contributed by atoms with van der Waals surface area (Å²) in [5.41, 5.74) is 8.62. The number of nitrogens with zero attached hydrogens (tertiary/aromatic N) is 3. The van der Waals surface area contributed by atoms with Crippen molar-refractivity contribution in [1.29, 1.82) is 0 Å². The Labute approximate surface area is 136 Å². The molecule has 2 aromatic rings. The Morgan fingerprint density at radius 1 is 1.43 bits per heavy atom. The molecule has 23 heavy (non-hydrogen) atoms. The molecule has 2 heterocycles. The maximum atomic E-state index is 12.6. The van der Waals surface area contributed by atoms with Crippen LogP contribution in [0, 0.1) is 6.92 Å². The molecule has 3 N–H and O–H groups in total. The Morgan fingerprint density at radius 2 is 2.13 bits per heavy atom. The molecule has 0 saturated heterocycles. The van der Waals surface area contributed by atoms with Crippen molar-refractivity contribution in [3.63, 3.8) is 0 Å². The van der Waals surface area contributed by atoms with E-state index in [1.807, 2.05) is 17.7 Å². The second kappa shape index (κ2) is 5.60. The summed E-state index contributed by atoms with van der Waals surface area (Å²) in [6, 6.07) is 1.94. The van der Waals surface area contributed by atoms with Crippen molar-refractivity contribution in [3.05, 3.63) is 23.0 Å². The molecule has 0 radical (unpaired) electrons. The third kappa shape index (κ3) is 2.95. The van der Waals surface area contributed by atoms with Crippen molar-refractivity contribution in [1.82, 2.24) is 20.1 Å². The Bertz CT molecular complexity index is 752. The van der Waals surface area contributed by atoms with Crippen LogP contribution in [0.15, 0.2) is 6.07 Å². The first-order valence-corrected chi connectivity index (χ1v) is 8.22. The fourth-order valence-corrected chi connectivity index (χ4v) is 2.82.